The smallest absolute Gasteiger partial charge is 0.338 e. The first kappa shape index (κ1) is 10.5. The topological polar surface area (TPSA) is 26.3 Å². The third-order valence-electron chi connectivity index (χ3n) is 2.78. The number of ether oxygens (including phenoxy) is 1. The van der Waals surface area contributed by atoms with Gasteiger partial charge in [0, 0.05) is 5.02 Å². The van der Waals surface area contributed by atoms with E-state index in [9.17, 15) is 4.79 Å². The van der Waals surface area contributed by atoms with Crippen molar-refractivity contribution in [1.82, 2.24) is 0 Å². The lowest BCUT2D eigenvalue weighted by atomic mass is 10.2. The molecule has 0 heterocycles. The molecule has 2 rings (SSSR count). The molecule has 2 unspecified atom stereocenters. The Labute approximate surface area is 94.2 Å². The van der Waals surface area contributed by atoms with Crippen molar-refractivity contribution in [3.8, 4) is 0 Å². The molecular weight excluding hydrogens is 212 g/mol. The molecule has 80 valence electrons. The minimum atomic E-state index is -0.259. The maximum absolute atomic E-state index is 11.5. The summed E-state index contributed by atoms with van der Waals surface area (Å²) in [5.41, 5.74) is 0.563. The third-order valence-corrected chi connectivity index (χ3v) is 3.04. The van der Waals surface area contributed by atoms with Crippen LogP contribution in [-0.2, 0) is 4.74 Å². The Morgan fingerprint density at radius 3 is 2.60 bits per heavy atom. The van der Waals surface area contributed by atoms with Crippen molar-refractivity contribution in [1.29, 1.82) is 0 Å². The Morgan fingerprint density at radius 2 is 2.07 bits per heavy atom. The molecule has 1 aromatic rings. The Hall–Kier alpha value is -1.02. The third kappa shape index (κ3) is 2.72. The molecule has 2 nitrogen and oxygen atoms in total. The molecule has 0 aromatic heterocycles. The number of hydrogen-bond acceptors (Lipinski definition) is 2. The van der Waals surface area contributed by atoms with Crippen LogP contribution in [0.1, 0.15) is 23.7 Å². The van der Waals surface area contributed by atoms with Gasteiger partial charge in [0.05, 0.1) is 12.2 Å². The average molecular weight is 225 g/mol. The highest BCUT2D eigenvalue weighted by atomic mass is 35.5. The summed E-state index contributed by atoms with van der Waals surface area (Å²) in [6, 6.07) is 6.75. The van der Waals surface area contributed by atoms with E-state index in [0.29, 0.717) is 29.0 Å². The molecule has 1 aliphatic carbocycles. The number of halogens is 1. The summed E-state index contributed by atoms with van der Waals surface area (Å²) in [4.78, 5) is 11.5. The fourth-order valence-electron chi connectivity index (χ4n) is 1.48. The SMILES string of the molecule is CC1CC1COC(=O)c1ccc(Cl)cc1. The van der Waals surface area contributed by atoms with Crippen molar-refractivity contribution in [2.45, 2.75) is 13.3 Å². The molecule has 3 heteroatoms. The van der Waals surface area contributed by atoms with Gasteiger partial charge in [0.2, 0.25) is 0 Å². The average Bonchev–Trinajstić information content (AvgIpc) is 2.92. The fraction of sp³-hybridized carbons (Fsp3) is 0.417. The molecule has 1 aliphatic rings. The van der Waals surface area contributed by atoms with Gasteiger partial charge in [-0.2, -0.15) is 0 Å². The van der Waals surface area contributed by atoms with Gasteiger partial charge in [0.1, 0.15) is 0 Å². The quantitative estimate of drug-likeness (QED) is 0.738. The molecule has 0 amide bonds. The minimum Gasteiger partial charge on any atom is -0.462 e. The van der Waals surface area contributed by atoms with Gasteiger partial charge in [-0.15, -0.1) is 0 Å². The number of hydrogen-bond donors (Lipinski definition) is 0. The second-order valence-corrected chi connectivity index (χ2v) is 4.51. The zero-order valence-corrected chi connectivity index (χ0v) is 9.33. The zero-order valence-electron chi connectivity index (χ0n) is 8.57. The fourth-order valence-corrected chi connectivity index (χ4v) is 1.61. The van der Waals surface area contributed by atoms with Crippen LogP contribution in [0, 0.1) is 11.8 Å². The van der Waals surface area contributed by atoms with Crippen LogP contribution in [0.25, 0.3) is 0 Å². The van der Waals surface area contributed by atoms with E-state index in [2.05, 4.69) is 6.92 Å². The summed E-state index contributed by atoms with van der Waals surface area (Å²) < 4.78 is 5.18. The van der Waals surface area contributed by atoms with Crippen LogP contribution in [-0.4, -0.2) is 12.6 Å². The predicted molar refractivity (Wildman–Crippen MR) is 59.0 cm³/mol. The molecule has 1 aromatic carbocycles. The molecular formula is C12H13ClO2. The molecule has 0 N–H and O–H groups in total. The highest BCUT2D eigenvalue weighted by Gasteiger charge is 2.33. The Morgan fingerprint density at radius 1 is 1.47 bits per heavy atom. The Kier molecular flexibility index (Phi) is 2.96. The maximum Gasteiger partial charge on any atom is 0.338 e. The summed E-state index contributed by atoms with van der Waals surface area (Å²) >= 11 is 5.72. The molecule has 0 spiro atoms. The maximum atomic E-state index is 11.5. The highest BCUT2D eigenvalue weighted by Crippen LogP contribution is 2.37. The Balaban J connectivity index is 1.87. The standard InChI is InChI=1S/C12H13ClO2/c1-8-6-10(8)7-15-12(14)9-2-4-11(13)5-3-9/h2-5,8,10H,6-7H2,1H3. The van der Waals surface area contributed by atoms with Gasteiger partial charge in [-0.25, -0.2) is 4.79 Å². The van der Waals surface area contributed by atoms with Crippen LogP contribution in [0.5, 0.6) is 0 Å². The van der Waals surface area contributed by atoms with Gasteiger partial charge in [-0.3, -0.25) is 0 Å². The molecule has 0 bridgehead atoms. The van der Waals surface area contributed by atoms with Crippen LogP contribution in [0.4, 0.5) is 0 Å². The second kappa shape index (κ2) is 4.23. The van der Waals surface area contributed by atoms with Gasteiger partial charge < -0.3 is 4.74 Å². The summed E-state index contributed by atoms with van der Waals surface area (Å²) in [5, 5.41) is 0.627. The molecule has 0 radical (unpaired) electrons. The summed E-state index contributed by atoms with van der Waals surface area (Å²) in [6.45, 7) is 2.71. The normalized spacial score (nSPS) is 23.6. The first-order valence-corrected chi connectivity index (χ1v) is 5.47. The van der Waals surface area contributed by atoms with E-state index in [1.165, 1.54) is 6.42 Å². The van der Waals surface area contributed by atoms with Gasteiger partial charge in [0.15, 0.2) is 0 Å². The number of rotatable bonds is 3. The van der Waals surface area contributed by atoms with Crippen molar-refractivity contribution < 1.29 is 9.53 Å². The summed E-state index contributed by atoms with van der Waals surface area (Å²) in [5.74, 6) is 1.02. The van der Waals surface area contributed by atoms with Crippen LogP contribution < -0.4 is 0 Å². The minimum absolute atomic E-state index is 0.259. The lowest BCUT2D eigenvalue weighted by Crippen LogP contribution is -2.07. The van der Waals surface area contributed by atoms with Gasteiger partial charge >= 0.3 is 5.97 Å². The monoisotopic (exact) mass is 224 g/mol. The van der Waals surface area contributed by atoms with E-state index < -0.39 is 0 Å². The first-order chi connectivity index (χ1) is 7.16. The number of esters is 1. The molecule has 15 heavy (non-hydrogen) atoms. The van der Waals surface area contributed by atoms with Crippen LogP contribution >= 0.6 is 11.6 Å². The van der Waals surface area contributed by atoms with E-state index in [4.69, 9.17) is 16.3 Å². The lowest BCUT2D eigenvalue weighted by Gasteiger charge is -2.03. The van der Waals surface area contributed by atoms with Gasteiger partial charge in [0.25, 0.3) is 0 Å². The van der Waals surface area contributed by atoms with Crippen LogP contribution in [0.15, 0.2) is 24.3 Å². The molecule has 0 saturated heterocycles. The van der Waals surface area contributed by atoms with Crippen molar-refractivity contribution in [3.63, 3.8) is 0 Å². The van der Waals surface area contributed by atoms with E-state index in [1.54, 1.807) is 24.3 Å². The van der Waals surface area contributed by atoms with Gasteiger partial charge in [-0.05, 0) is 42.5 Å². The van der Waals surface area contributed by atoms with Crippen molar-refractivity contribution in [3.05, 3.63) is 34.9 Å². The van der Waals surface area contributed by atoms with Crippen molar-refractivity contribution in [2.75, 3.05) is 6.61 Å². The first-order valence-electron chi connectivity index (χ1n) is 5.09. The van der Waals surface area contributed by atoms with Gasteiger partial charge in [-0.1, -0.05) is 18.5 Å². The Bertz CT molecular complexity index is 358. The predicted octanol–water partition coefficient (Wildman–Crippen LogP) is 3.15. The highest BCUT2D eigenvalue weighted by molar-refractivity contribution is 6.30. The van der Waals surface area contributed by atoms with E-state index in [0.717, 1.165) is 0 Å². The second-order valence-electron chi connectivity index (χ2n) is 4.08. The van der Waals surface area contributed by atoms with E-state index in [-0.39, 0.29) is 5.97 Å². The van der Waals surface area contributed by atoms with Crippen LogP contribution in [0.2, 0.25) is 5.02 Å². The number of carbonyl (C=O) groups excluding carboxylic acids is 1. The lowest BCUT2D eigenvalue weighted by molar-refractivity contribution is 0.0481. The molecule has 2 atom stereocenters. The molecule has 1 saturated carbocycles. The summed E-state index contributed by atoms with van der Waals surface area (Å²) in [7, 11) is 0. The van der Waals surface area contributed by atoms with E-state index >= 15 is 0 Å². The number of benzene rings is 1. The number of carbonyl (C=O) groups is 1. The summed E-state index contributed by atoms with van der Waals surface area (Å²) in [6.07, 6.45) is 1.17. The molecule has 1 fully saturated rings. The van der Waals surface area contributed by atoms with E-state index in [1.807, 2.05) is 0 Å². The largest absolute Gasteiger partial charge is 0.462 e. The zero-order chi connectivity index (χ0) is 10.8. The van der Waals surface area contributed by atoms with Crippen LogP contribution in [0.3, 0.4) is 0 Å². The molecule has 0 aliphatic heterocycles. The van der Waals surface area contributed by atoms with Crippen molar-refractivity contribution in [2.24, 2.45) is 11.8 Å². The van der Waals surface area contributed by atoms with Crippen molar-refractivity contribution >= 4 is 17.6 Å².